The molecule has 1 aliphatic rings. The summed E-state index contributed by atoms with van der Waals surface area (Å²) in [5.41, 5.74) is 5.82. The van der Waals surface area contributed by atoms with Crippen LogP contribution in [0.15, 0.2) is 42.5 Å². The van der Waals surface area contributed by atoms with Gasteiger partial charge in [-0.15, -0.1) is 0 Å². The van der Waals surface area contributed by atoms with Crippen molar-refractivity contribution in [3.63, 3.8) is 0 Å². The van der Waals surface area contributed by atoms with E-state index in [4.69, 9.17) is 0 Å². The monoisotopic (exact) mass is 294 g/mol. The van der Waals surface area contributed by atoms with Crippen molar-refractivity contribution >= 4 is 12.6 Å². The van der Waals surface area contributed by atoms with Gasteiger partial charge < -0.3 is 10.0 Å². The van der Waals surface area contributed by atoms with Gasteiger partial charge in [0.1, 0.15) is 0 Å². The van der Waals surface area contributed by atoms with Crippen molar-refractivity contribution in [2.45, 2.75) is 44.9 Å². The summed E-state index contributed by atoms with van der Waals surface area (Å²) in [6.45, 7) is 4.45. The van der Waals surface area contributed by atoms with Crippen LogP contribution in [-0.4, -0.2) is 17.2 Å². The summed E-state index contributed by atoms with van der Waals surface area (Å²) in [6, 6.07) is 14.5. The lowest BCUT2D eigenvalue weighted by Crippen LogP contribution is -2.32. The summed E-state index contributed by atoms with van der Waals surface area (Å²) >= 11 is 0. The van der Waals surface area contributed by atoms with E-state index in [1.54, 1.807) is 0 Å². The first-order valence-corrected chi connectivity index (χ1v) is 8.24. The Hall–Kier alpha value is -1.58. The first-order valence-electron chi connectivity index (χ1n) is 8.24. The van der Waals surface area contributed by atoms with Gasteiger partial charge in [-0.05, 0) is 40.6 Å². The number of benzene rings is 2. The van der Waals surface area contributed by atoms with Gasteiger partial charge >= 0.3 is 7.12 Å². The standard InChI is InChI=1S/C19H23BO2/c1-3-11-19(12-4-2)17-8-6-5-7-15(17)16-10-9-14(20(21)22)13-18(16)19/h5-10,13,21-22H,3-4,11-12H2,1-2H3. The van der Waals surface area contributed by atoms with Crippen LogP contribution < -0.4 is 5.46 Å². The minimum Gasteiger partial charge on any atom is -0.423 e. The maximum absolute atomic E-state index is 9.56. The number of hydrogen-bond donors (Lipinski definition) is 2. The fraction of sp³-hybridized carbons (Fsp3) is 0.368. The molecule has 3 rings (SSSR count). The van der Waals surface area contributed by atoms with Crippen LogP contribution in [0, 0.1) is 0 Å². The predicted octanol–water partition coefficient (Wildman–Crippen LogP) is 3.23. The molecule has 0 atom stereocenters. The molecule has 0 saturated heterocycles. The quantitative estimate of drug-likeness (QED) is 0.831. The van der Waals surface area contributed by atoms with E-state index in [1.165, 1.54) is 22.3 Å². The lowest BCUT2D eigenvalue weighted by molar-refractivity contribution is 0.424. The minimum absolute atomic E-state index is 0.0142. The molecule has 0 radical (unpaired) electrons. The van der Waals surface area contributed by atoms with Gasteiger partial charge in [-0.25, -0.2) is 0 Å². The largest absolute Gasteiger partial charge is 0.488 e. The van der Waals surface area contributed by atoms with Crippen molar-refractivity contribution in [2.24, 2.45) is 0 Å². The molecule has 1 aliphatic carbocycles. The molecule has 0 aliphatic heterocycles. The van der Waals surface area contributed by atoms with Gasteiger partial charge in [0.15, 0.2) is 0 Å². The van der Waals surface area contributed by atoms with Crippen LogP contribution >= 0.6 is 0 Å². The highest BCUT2D eigenvalue weighted by Crippen LogP contribution is 2.53. The molecule has 2 N–H and O–H groups in total. The predicted molar refractivity (Wildman–Crippen MR) is 92.3 cm³/mol. The van der Waals surface area contributed by atoms with Crippen LogP contribution in [0.1, 0.15) is 50.7 Å². The molecule has 0 saturated carbocycles. The normalized spacial score (nSPS) is 14.5. The molecule has 0 amide bonds. The fourth-order valence-corrected chi connectivity index (χ4v) is 4.15. The summed E-state index contributed by atoms with van der Waals surface area (Å²) in [5.74, 6) is 0. The van der Waals surface area contributed by atoms with Crippen molar-refractivity contribution in [3.8, 4) is 11.1 Å². The molecule has 2 aromatic carbocycles. The van der Waals surface area contributed by atoms with E-state index in [0.29, 0.717) is 5.46 Å². The van der Waals surface area contributed by atoms with E-state index in [1.807, 2.05) is 12.1 Å². The fourth-order valence-electron chi connectivity index (χ4n) is 4.15. The van der Waals surface area contributed by atoms with Crippen molar-refractivity contribution in [1.82, 2.24) is 0 Å². The van der Waals surface area contributed by atoms with Crippen molar-refractivity contribution in [1.29, 1.82) is 0 Å². The van der Waals surface area contributed by atoms with E-state index in [2.05, 4.69) is 44.2 Å². The lowest BCUT2D eigenvalue weighted by atomic mass is 9.69. The molecule has 114 valence electrons. The van der Waals surface area contributed by atoms with Crippen molar-refractivity contribution in [2.75, 3.05) is 0 Å². The Balaban J connectivity index is 2.27. The number of fused-ring (bicyclic) bond motifs is 3. The molecular weight excluding hydrogens is 271 g/mol. The molecule has 0 spiro atoms. The Bertz CT molecular complexity index is 673. The second-order valence-electron chi connectivity index (χ2n) is 6.31. The highest BCUT2D eigenvalue weighted by molar-refractivity contribution is 6.58. The summed E-state index contributed by atoms with van der Waals surface area (Å²) in [7, 11) is -1.41. The van der Waals surface area contributed by atoms with Gasteiger partial charge in [0, 0.05) is 5.41 Å². The second kappa shape index (κ2) is 5.90. The van der Waals surface area contributed by atoms with Gasteiger partial charge in [-0.1, -0.05) is 69.2 Å². The Morgan fingerprint density at radius 2 is 1.50 bits per heavy atom. The second-order valence-corrected chi connectivity index (χ2v) is 6.31. The Kier molecular flexibility index (Phi) is 4.11. The Morgan fingerprint density at radius 3 is 2.14 bits per heavy atom. The molecule has 0 fully saturated rings. The first kappa shape index (κ1) is 15.3. The van der Waals surface area contributed by atoms with Gasteiger partial charge in [-0.2, -0.15) is 0 Å². The molecule has 3 heteroatoms. The number of hydrogen-bond acceptors (Lipinski definition) is 2. The van der Waals surface area contributed by atoms with E-state index in [-0.39, 0.29) is 5.41 Å². The SMILES string of the molecule is CCCC1(CCC)c2ccccc2-c2ccc(B(O)O)cc21. The lowest BCUT2D eigenvalue weighted by Gasteiger charge is -2.32. The Morgan fingerprint density at radius 1 is 0.864 bits per heavy atom. The van der Waals surface area contributed by atoms with Crippen LogP contribution in [0.3, 0.4) is 0 Å². The molecule has 0 unspecified atom stereocenters. The summed E-state index contributed by atoms with van der Waals surface area (Å²) < 4.78 is 0. The van der Waals surface area contributed by atoms with Crippen molar-refractivity contribution < 1.29 is 10.0 Å². The first-order chi connectivity index (χ1) is 10.6. The third-order valence-electron chi connectivity index (χ3n) is 4.94. The maximum Gasteiger partial charge on any atom is 0.488 e. The third-order valence-corrected chi connectivity index (χ3v) is 4.94. The van der Waals surface area contributed by atoms with E-state index >= 15 is 0 Å². The molecular formula is C19H23BO2. The van der Waals surface area contributed by atoms with Gasteiger partial charge in [0.05, 0.1) is 0 Å². The average Bonchev–Trinajstić information content (AvgIpc) is 2.79. The third kappa shape index (κ3) is 2.20. The summed E-state index contributed by atoms with van der Waals surface area (Å²) in [6.07, 6.45) is 4.41. The van der Waals surface area contributed by atoms with Crippen LogP contribution in [0.25, 0.3) is 11.1 Å². The molecule has 0 heterocycles. The molecule has 2 aromatic rings. The summed E-state index contributed by atoms with van der Waals surface area (Å²) in [4.78, 5) is 0. The molecule has 2 nitrogen and oxygen atoms in total. The molecule has 0 bridgehead atoms. The molecule has 22 heavy (non-hydrogen) atoms. The smallest absolute Gasteiger partial charge is 0.423 e. The van der Waals surface area contributed by atoms with E-state index in [9.17, 15) is 10.0 Å². The van der Waals surface area contributed by atoms with Crippen LogP contribution in [-0.2, 0) is 5.41 Å². The zero-order valence-electron chi connectivity index (χ0n) is 13.3. The van der Waals surface area contributed by atoms with Gasteiger partial charge in [0.2, 0.25) is 0 Å². The maximum atomic E-state index is 9.56. The van der Waals surface area contributed by atoms with Gasteiger partial charge in [0.25, 0.3) is 0 Å². The highest BCUT2D eigenvalue weighted by Gasteiger charge is 2.41. The zero-order chi connectivity index (χ0) is 15.7. The number of rotatable bonds is 5. The Labute approximate surface area is 133 Å². The van der Waals surface area contributed by atoms with Crippen LogP contribution in [0.2, 0.25) is 0 Å². The molecule has 0 aromatic heterocycles. The summed E-state index contributed by atoms with van der Waals surface area (Å²) in [5, 5.41) is 19.1. The zero-order valence-corrected chi connectivity index (χ0v) is 13.3. The van der Waals surface area contributed by atoms with E-state index < -0.39 is 7.12 Å². The average molecular weight is 294 g/mol. The van der Waals surface area contributed by atoms with Crippen LogP contribution in [0.5, 0.6) is 0 Å². The van der Waals surface area contributed by atoms with Gasteiger partial charge in [-0.3, -0.25) is 0 Å². The highest BCUT2D eigenvalue weighted by atomic mass is 16.4. The van der Waals surface area contributed by atoms with E-state index in [0.717, 1.165) is 25.7 Å². The van der Waals surface area contributed by atoms with Crippen LogP contribution in [0.4, 0.5) is 0 Å². The topological polar surface area (TPSA) is 40.5 Å². The minimum atomic E-state index is -1.41. The van der Waals surface area contributed by atoms with Crippen molar-refractivity contribution in [3.05, 3.63) is 53.6 Å².